The van der Waals surface area contributed by atoms with E-state index < -0.39 is 0 Å². The second-order valence-corrected chi connectivity index (χ2v) is 18.2. The molecule has 3 aliphatic rings. The van der Waals surface area contributed by atoms with E-state index in [9.17, 15) is 0 Å². The van der Waals surface area contributed by atoms with Crippen LogP contribution >= 0.6 is 0 Å². The first-order valence-corrected chi connectivity index (χ1v) is 19.0. The molecule has 4 nitrogen and oxygen atoms in total. The van der Waals surface area contributed by atoms with Crippen LogP contribution in [0.3, 0.4) is 0 Å². The summed E-state index contributed by atoms with van der Waals surface area (Å²) in [7, 11) is 0. The van der Waals surface area contributed by atoms with Gasteiger partial charge in [0.05, 0.1) is 16.7 Å². The Hall–Kier alpha value is -5.42. The third-order valence-corrected chi connectivity index (χ3v) is 11.7. The summed E-state index contributed by atoms with van der Waals surface area (Å²) >= 11 is 0. The highest BCUT2D eigenvalue weighted by atomic mass is 16.5. The minimum absolute atomic E-state index is 0.0422. The SMILES string of the molecule is CC(C)(C)c1ccc(N2c3ccc(C(C)(C)C)c4c3B3c5c(cc(-n6c7ccccc7c7ccccc76)cc5Oc5c(C(C)(C)C)ccc2c53)O4)cc1. The van der Waals surface area contributed by atoms with Crippen LogP contribution in [-0.4, -0.2) is 11.3 Å². The number of hydrogen-bond donors (Lipinski definition) is 0. The van der Waals surface area contributed by atoms with Crippen molar-refractivity contribution in [3.8, 4) is 28.7 Å². The molecule has 0 atom stereocenters. The summed E-state index contributed by atoms with van der Waals surface area (Å²) in [6, 6.07) is 40.2. The number of aromatic nitrogens is 1. The molecule has 0 bridgehead atoms. The molecule has 53 heavy (non-hydrogen) atoms. The summed E-state index contributed by atoms with van der Waals surface area (Å²) in [5, 5.41) is 2.46. The quantitative estimate of drug-likeness (QED) is 0.169. The minimum atomic E-state index is -0.143. The number of ether oxygens (including phenoxy) is 2. The molecule has 0 radical (unpaired) electrons. The van der Waals surface area contributed by atoms with Crippen LogP contribution in [0.2, 0.25) is 0 Å². The van der Waals surface area contributed by atoms with Crippen molar-refractivity contribution in [3.05, 3.63) is 126 Å². The summed E-state index contributed by atoms with van der Waals surface area (Å²) in [6.45, 7) is 20.5. The second kappa shape index (κ2) is 10.6. The van der Waals surface area contributed by atoms with Gasteiger partial charge in [-0.2, -0.15) is 0 Å². The van der Waals surface area contributed by atoms with E-state index in [0.29, 0.717) is 0 Å². The topological polar surface area (TPSA) is 26.6 Å². The van der Waals surface area contributed by atoms with E-state index >= 15 is 0 Å². The maximum Gasteiger partial charge on any atom is 0.266 e. The lowest BCUT2D eigenvalue weighted by Crippen LogP contribution is -2.62. The van der Waals surface area contributed by atoms with Crippen LogP contribution in [0.4, 0.5) is 17.1 Å². The number of benzene rings is 6. The van der Waals surface area contributed by atoms with Gasteiger partial charge >= 0.3 is 0 Å². The monoisotopic (exact) mass is 692 g/mol. The van der Waals surface area contributed by atoms with Crippen LogP contribution in [0.1, 0.15) is 79.0 Å². The Morgan fingerprint density at radius 2 is 0.943 bits per heavy atom. The van der Waals surface area contributed by atoms with Crippen molar-refractivity contribution in [1.82, 2.24) is 4.57 Å². The van der Waals surface area contributed by atoms with Crippen LogP contribution in [0, 0.1) is 0 Å². The summed E-state index contributed by atoms with van der Waals surface area (Å²) < 4.78 is 17.0. The van der Waals surface area contributed by atoms with E-state index in [-0.39, 0.29) is 23.0 Å². The van der Waals surface area contributed by atoms with Gasteiger partial charge in [0.1, 0.15) is 23.0 Å². The first-order chi connectivity index (χ1) is 25.2. The van der Waals surface area contributed by atoms with Gasteiger partial charge < -0.3 is 18.9 Å². The van der Waals surface area contributed by atoms with Crippen molar-refractivity contribution in [2.24, 2.45) is 0 Å². The van der Waals surface area contributed by atoms with E-state index in [1.165, 1.54) is 38.4 Å². The molecule has 0 N–H and O–H groups in total. The molecule has 0 unspecified atom stereocenters. The van der Waals surface area contributed by atoms with Gasteiger partial charge in [0.15, 0.2) is 0 Å². The number of para-hydroxylation sites is 2. The molecule has 0 aliphatic carbocycles. The molecule has 4 heterocycles. The predicted octanol–water partition coefficient (Wildman–Crippen LogP) is 11.2. The highest BCUT2D eigenvalue weighted by Gasteiger charge is 2.50. The normalized spacial score (nSPS) is 14.4. The van der Waals surface area contributed by atoms with Gasteiger partial charge in [0.2, 0.25) is 0 Å². The molecule has 0 spiro atoms. The maximum absolute atomic E-state index is 7.30. The van der Waals surface area contributed by atoms with Gasteiger partial charge in [0, 0.05) is 45.4 Å². The lowest BCUT2D eigenvalue weighted by Gasteiger charge is -2.45. The van der Waals surface area contributed by atoms with E-state index in [4.69, 9.17) is 9.47 Å². The Morgan fingerprint density at radius 1 is 0.472 bits per heavy atom. The summed E-state index contributed by atoms with van der Waals surface area (Å²) in [5.74, 6) is 3.66. The van der Waals surface area contributed by atoms with Crippen LogP contribution in [-0.2, 0) is 16.2 Å². The molecule has 1 aromatic heterocycles. The van der Waals surface area contributed by atoms with Crippen molar-refractivity contribution < 1.29 is 9.47 Å². The molecule has 0 amide bonds. The van der Waals surface area contributed by atoms with E-state index in [1.54, 1.807) is 0 Å². The minimum Gasteiger partial charge on any atom is -0.458 e. The smallest absolute Gasteiger partial charge is 0.266 e. The first kappa shape index (κ1) is 32.3. The van der Waals surface area contributed by atoms with Gasteiger partial charge in [-0.3, -0.25) is 0 Å². The van der Waals surface area contributed by atoms with Gasteiger partial charge in [0.25, 0.3) is 6.71 Å². The van der Waals surface area contributed by atoms with E-state index in [1.807, 2.05) is 0 Å². The van der Waals surface area contributed by atoms with Crippen molar-refractivity contribution in [1.29, 1.82) is 0 Å². The zero-order chi connectivity index (χ0) is 36.8. The summed E-state index contributed by atoms with van der Waals surface area (Å²) in [5.41, 5.74) is 13.9. The number of rotatable bonds is 2. The third-order valence-electron chi connectivity index (χ3n) is 11.7. The fraction of sp³-hybridized carbons (Fsp3) is 0.250. The van der Waals surface area contributed by atoms with Crippen molar-refractivity contribution in [2.75, 3.05) is 4.90 Å². The maximum atomic E-state index is 7.30. The molecular weight excluding hydrogens is 647 g/mol. The number of hydrogen-bond acceptors (Lipinski definition) is 3. The Balaban J connectivity index is 1.29. The fourth-order valence-electron chi connectivity index (χ4n) is 9.07. The Bertz CT molecular complexity index is 2530. The van der Waals surface area contributed by atoms with Crippen LogP contribution in [0.25, 0.3) is 27.5 Å². The molecule has 7 aromatic rings. The summed E-state index contributed by atoms with van der Waals surface area (Å²) in [4.78, 5) is 2.44. The molecule has 0 fully saturated rings. The van der Waals surface area contributed by atoms with Crippen molar-refractivity contribution >= 4 is 62.0 Å². The molecule has 262 valence electrons. The van der Waals surface area contributed by atoms with Gasteiger partial charge in [-0.15, -0.1) is 0 Å². The highest BCUT2D eigenvalue weighted by Crippen LogP contribution is 2.50. The highest BCUT2D eigenvalue weighted by molar-refractivity contribution is 7.00. The number of fused-ring (bicyclic) bond motifs is 3. The second-order valence-electron chi connectivity index (χ2n) is 18.2. The van der Waals surface area contributed by atoms with Crippen LogP contribution < -0.4 is 30.8 Å². The predicted molar refractivity (Wildman–Crippen MR) is 223 cm³/mol. The van der Waals surface area contributed by atoms with Gasteiger partial charge in [-0.25, -0.2) is 0 Å². The zero-order valence-electron chi connectivity index (χ0n) is 32.2. The summed E-state index contributed by atoms with van der Waals surface area (Å²) in [6.07, 6.45) is 0. The fourth-order valence-corrected chi connectivity index (χ4v) is 9.07. The van der Waals surface area contributed by atoms with Gasteiger partial charge in [-0.1, -0.05) is 123 Å². The molecule has 0 saturated heterocycles. The van der Waals surface area contributed by atoms with Gasteiger partial charge in [-0.05, 0) is 80.3 Å². The largest absolute Gasteiger partial charge is 0.458 e. The standard InChI is InChI=1S/C48H45BN2O2/c1-46(2,3)28-18-20-29(21-19-28)50-37-24-22-33(47(4,5)6)44-41(37)49-42-38(50)25-23-34(48(7,8)9)45(42)53-40-27-30(26-39(52-44)43(40)49)51-35-16-12-10-14-31(35)32-15-11-13-17-36(32)51/h10-27H,1-9H3. The average Bonchev–Trinajstić information content (AvgIpc) is 3.44. The van der Waals surface area contributed by atoms with Crippen LogP contribution in [0.5, 0.6) is 23.0 Å². The molecule has 3 aliphatic heterocycles. The number of anilines is 3. The molecule has 6 aromatic carbocycles. The van der Waals surface area contributed by atoms with Crippen molar-refractivity contribution in [2.45, 2.75) is 78.6 Å². The Kier molecular flexibility index (Phi) is 6.45. The molecule has 10 rings (SSSR count). The Labute approximate surface area is 313 Å². The molecular formula is C48H45BN2O2. The van der Waals surface area contributed by atoms with Crippen LogP contribution in [0.15, 0.2) is 109 Å². The first-order valence-electron chi connectivity index (χ1n) is 19.0. The Morgan fingerprint density at radius 3 is 1.40 bits per heavy atom. The number of nitrogens with zero attached hydrogens (tertiary/aromatic N) is 2. The molecule has 0 saturated carbocycles. The lowest BCUT2D eigenvalue weighted by atomic mass is 9.32. The average molecular weight is 693 g/mol. The third kappa shape index (κ3) is 4.55. The van der Waals surface area contributed by atoms with E-state index in [2.05, 4.69) is 181 Å². The lowest BCUT2D eigenvalue weighted by molar-refractivity contribution is 0.440. The van der Waals surface area contributed by atoms with E-state index in [0.717, 1.165) is 62.2 Å². The molecule has 5 heteroatoms. The van der Waals surface area contributed by atoms with Crippen molar-refractivity contribution in [3.63, 3.8) is 0 Å². The zero-order valence-corrected chi connectivity index (χ0v) is 32.2.